The third-order valence-electron chi connectivity index (χ3n) is 3.55. The molecule has 1 aliphatic rings. The van der Waals surface area contributed by atoms with Crippen molar-refractivity contribution in [2.75, 3.05) is 0 Å². The fourth-order valence-corrected chi connectivity index (χ4v) is 4.90. The van der Waals surface area contributed by atoms with Crippen LogP contribution in [-0.2, 0) is 22.2 Å². The lowest BCUT2D eigenvalue weighted by atomic mass is 9.99. The molecule has 0 radical (unpaired) electrons. The Hall–Kier alpha value is -1.66. The van der Waals surface area contributed by atoms with E-state index < -0.39 is 26.2 Å². The summed E-state index contributed by atoms with van der Waals surface area (Å²) in [5.74, 6) is 1.01. The second-order valence-corrected chi connectivity index (χ2v) is 8.12. The molecule has 0 spiro atoms. The van der Waals surface area contributed by atoms with Gasteiger partial charge in [0.1, 0.15) is 11.5 Å². The maximum absolute atomic E-state index is 12.6. The molecule has 3 rings (SSSR count). The molecule has 0 N–H and O–H groups in total. The van der Waals surface area contributed by atoms with Gasteiger partial charge in [-0.05, 0) is 43.5 Å². The van der Waals surface area contributed by atoms with E-state index in [4.69, 9.17) is 8.37 Å². The monoisotopic (exact) mass is 336 g/mol. The second-order valence-electron chi connectivity index (χ2n) is 5.03. The molecule has 2 atom stereocenters. The van der Waals surface area contributed by atoms with E-state index in [-0.39, 0.29) is 0 Å². The minimum Gasteiger partial charge on any atom is -0.399 e. The molecule has 0 aromatic heterocycles. The molecular weight excluding hydrogens is 320 g/mol. The Morgan fingerprint density at radius 3 is 1.45 bits per heavy atom. The maximum atomic E-state index is 12.6. The molecule has 2 aromatic carbocycles. The summed E-state index contributed by atoms with van der Waals surface area (Å²) < 4.78 is 35.1. The first-order chi connectivity index (χ1) is 10.7. The first-order valence-electron chi connectivity index (χ1n) is 7.01. The lowest BCUT2D eigenvalue weighted by molar-refractivity contribution is 0.402. The molecule has 0 aliphatic heterocycles. The highest BCUT2D eigenvalue weighted by Gasteiger charge is 2.53. The van der Waals surface area contributed by atoms with Crippen LogP contribution in [0.2, 0.25) is 0 Å². The zero-order valence-electron chi connectivity index (χ0n) is 11.8. The molecule has 1 aliphatic carbocycles. The van der Waals surface area contributed by atoms with Crippen molar-refractivity contribution in [3.8, 4) is 11.5 Å². The zero-order chi connectivity index (χ0) is 15.4. The quantitative estimate of drug-likeness (QED) is 0.812. The van der Waals surface area contributed by atoms with Gasteiger partial charge in [0.25, 0.3) is 0 Å². The summed E-state index contributed by atoms with van der Waals surface area (Å²) in [6, 6.07) is 17.8. The van der Waals surface area contributed by atoms with Gasteiger partial charge in [-0.25, -0.2) is 8.42 Å². The van der Waals surface area contributed by atoms with Crippen molar-refractivity contribution in [2.45, 2.75) is 23.3 Å². The van der Waals surface area contributed by atoms with Crippen LogP contribution in [0, 0.1) is 0 Å². The minimum atomic E-state index is -1.72. The van der Waals surface area contributed by atoms with Crippen molar-refractivity contribution in [3.63, 3.8) is 0 Å². The van der Waals surface area contributed by atoms with Gasteiger partial charge in [-0.15, -0.1) is 0 Å². The molecule has 22 heavy (non-hydrogen) atoms. The molecule has 1 saturated carbocycles. The minimum absolute atomic E-state index is 0.504. The van der Waals surface area contributed by atoms with Crippen molar-refractivity contribution < 1.29 is 16.8 Å². The van der Waals surface area contributed by atoms with Crippen LogP contribution >= 0.6 is 0 Å². The smallest absolute Gasteiger partial charge is 0.229 e. The summed E-state index contributed by atoms with van der Waals surface area (Å²) in [4.78, 5) is 0. The van der Waals surface area contributed by atoms with Crippen LogP contribution in [0.15, 0.2) is 60.7 Å². The van der Waals surface area contributed by atoms with Gasteiger partial charge in [0.05, 0.1) is 0 Å². The number of hydrogen-bond donors (Lipinski definition) is 0. The van der Waals surface area contributed by atoms with Gasteiger partial charge >= 0.3 is 0 Å². The Morgan fingerprint density at radius 2 is 1.14 bits per heavy atom. The molecule has 2 aromatic rings. The number of hydrogen-bond acceptors (Lipinski definition) is 4. The third kappa shape index (κ3) is 3.08. The van der Waals surface area contributed by atoms with Gasteiger partial charge in [0.2, 0.25) is 22.2 Å². The van der Waals surface area contributed by atoms with Crippen molar-refractivity contribution >= 4 is 22.2 Å². The van der Waals surface area contributed by atoms with Crippen LogP contribution in [0.4, 0.5) is 0 Å². The topological polar surface area (TPSA) is 52.6 Å². The molecule has 2 unspecified atom stereocenters. The Morgan fingerprint density at radius 1 is 0.727 bits per heavy atom. The second kappa shape index (κ2) is 6.62. The highest BCUT2D eigenvalue weighted by atomic mass is 32.3. The molecule has 0 heterocycles. The van der Waals surface area contributed by atoms with E-state index in [2.05, 4.69) is 0 Å². The summed E-state index contributed by atoms with van der Waals surface area (Å²) in [6.45, 7) is 0. The van der Waals surface area contributed by atoms with Crippen molar-refractivity contribution in [1.82, 2.24) is 0 Å². The highest BCUT2D eigenvalue weighted by molar-refractivity contribution is 8.00. The van der Waals surface area contributed by atoms with Crippen molar-refractivity contribution in [1.29, 1.82) is 0 Å². The van der Waals surface area contributed by atoms with Gasteiger partial charge in [0, 0.05) is 0 Å². The standard InChI is InChI=1S/C16H16O4S2/c17-21(19-14-8-3-1-4-9-14)16(12-7-13-16)22(18)20-15-10-5-2-6-11-15/h1-6,8-11H,7,12-13H2. The lowest BCUT2D eigenvalue weighted by Gasteiger charge is -2.36. The van der Waals surface area contributed by atoms with Crippen LogP contribution in [-0.4, -0.2) is 12.5 Å². The number of rotatable bonds is 6. The molecule has 116 valence electrons. The van der Waals surface area contributed by atoms with Gasteiger partial charge in [-0.2, -0.15) is 0 Å². The average molecular weight is 336 g/mol. The summed E-state index contributed by atoms with van der Waals surface area (Å²) in [5, 5.41) is 0. The van der Waals surface area contributed by atoms with Crippen LogP contribution in [0.3, 0.4) is 0 Å². The molecule has 4 nitrogen and oxygen atoms in total. The predicted octanol–water partition coefficient (Wildman–Crippen LogP) is 3.35. The normalized spacial score (nSPS) is 18.7. The third-order valence-corrected chi connectivity index (χ3v) is 7.09. The van der Waals surface area contributed by atoms with Gasteiger partial charge < -0.3 is 8.37 Å². The first-order valence-corrected chi connectivity index (χ1v) is 9.16. The Bertz CT molecular complexity index is 614. The van der Waals surface area contributed by atoms with Gasteiger partial charge in [0.15, 0.2) is 4.08 Å². The highest BCUT2D eigenvalue weighted by Crippen LogP contribution is 2.42. The largest absolute Gasteiger partial charge is 0.399 e. The summed E-state index contributed by atoms with van der Waals surface area (Å²) in [7, 11) is 0. The van der Waals surface area contributed by atoms with Gasteiger partial charge in [-0.1, -0.05) is 36.4 Å². The van der Waals surface area contributed by atoms with E-state index in [1.54, 1.807) is 48.5 Å². The molecule has 6 heteroatoms. The van der Waals surface area contributed by atoms with Crippen molar-refractivity contribution in [3.05, 3.63) is 60.7 Å². The predicted molar refractivity (Wildman–Crippen MR) is 87.0 cm³/mol. The molecule has 1 fully saturated rings. The zero-order valence-corrected chi connectivity index (χ0v) is 13.5. The molecule has 0 bridgehead atoms. The van der Waals surface area contributed by atoms with E-state index in [0.29, 0.717) is 24.3 Å². The Labute approximate surface area is 134 Å². The van der Waals surface area contributed by atoms with Crippen LogP contribution < -0.4 is 8.37 Å². The fraction of sp³-hybridized carbons (Fsp3) is 0.250. The summed E-state index contributed by atoms with van der Waals surface area (Å²) >= 11 is -3.43. The van der Waals surface area contributed by atoms with E-state index >= 15 is 0 Å². The van der Waals surface area contributed by atoms with Crippen molar-refractivity contribution in [2.24, 2.45) is 0 Å². The summed E-state index contributed by atoms with van der Waals surface area (Å²) in [6.07, 6.45) is 1.99. The van der Waals surface area contributed by atoms with E-state index in [1.807, 2.05) is 12.1 Å². The Kier molecular flexibility index (Phi) is 4.59. The van der Waals surface area contributed by atoms with Crippen LogP contribution in [0.1, 0.15) is 19.3 Å². The first kappa shape index (κ1) is 15.2. The summed E-state index contributed by atoms with van der Waals surface area (Å²) in [5.41, 5.74) is 0. The number of benzene rings is 2. The Balaban J connectivity index is 1.73. The van der Waals surface area contributed by atoms with E-state index in [1.165, 1.54) is 0 Å². The van der Waals surface area contributed by atoms with Gasteiger partial charge in [-0.3, -0.25) is 0 Å². The van der Waals surface area contributed by atoms with Crippen LogP contribution in [0.25, 0.3) is 0 Å². The average Bonchev–Trinajstić information content (AvgIpc) is 2.48. The van der Waals surface area contributed by atoms with Crippen LogP contribution in [0.5, 0.6) is 11.5 Å². The molecule has 0 saturated heterocycles. The fourth-order valence-electron chi connectivity index (χ4n) is 2.13. The molecular formula is C16H16O4S2. The lowest BCUT2D eigenvalue weighted by Crippen LogP contribution is -2.49. The van der Waals surface area contributed by atoms with E-state index in [0.717, 1.165) is 6.42 Å². The SMILES string of the molecule is O=S(Oc1ccccc1)C1(S(=O)Oc2ccccc2)CCC1. The van der Waals surface area contributed by atoms with E-state index in [9.17, 15) is 8.42 Å². The molecule has 0 amide bonds. The number of para-hydroxylation sites is 2. The maximum Gasteiger partial charge on any atom is 0.229 e.